The van der Waals surface area contributed by atoms with E-state index in [1.54, 1.807) is 0 Å². The summed E-state index contributed by atoms with van der Waals surface area (Å²) in [5.74, 6) is 0. The van der Waals surface area contributed by atoms with E-state index in [0.29, 0.717) is 0 Å². The fourth-order valence-corrected chi connectivity index (χ4v) is 12.2. The van der Waals surface area contributed by atoms with Gasteiger partial charge < -0.3 is 9.80 Å². The van der Waals surface area contributed by atoms with Gasteiger partial charge in [0.15, 0.2) is 0 Å². The molecule has 0 saturated heterocycles. The maximum Gasteiger partial charge on any atom is 0.0601 e. The largest absolute Gasteiger partial charge is 0.308 e. The molecule has 2 aliphatic rings. The minimum Gasteiger partial charge on any atom is -0.308 e. The number of nitrogens with zero attached hydrogens (tertiary/aromatic N) is 2. The lowest BCUT2D eigenvalue weighted by atomic mass is 9.84. The van der Waals surface area contributed by atoms with E-state index in [1.807, 2.05) is 23.5 Å². The Morgan fingerprint density at radius 3 is 0.914 bits per heavy atom. The molecule has 70 heavy (non-hydrogen) atoms. The maximum absolute atomic E-state index is 2.38. The van der Waals surface area contributed by atoms with Gasteiger partial charge >= 0.3 is 0 Å². The molecule has 4 heteroatoms. The molecular formula is C66H44N2S2. The third-order valence-corrected chi connectivity index (χ3v) is 15.7. The highest BCUT2D eigenvalue weighted by Gasteiger charge is 2.26. The van der Waals surface area contributed by atoms with Gasteiger partial charge in [-0.2, -0.15) is 0 Å². The predicted octanol–water partition coefficient (Wildman–Crippen LogP) is 19.5. The third-order valence-electron chi connectivity index (χ3n) is 13.4. The summed E-state index contributed by atoms with van der Waals surface area (Å²) in [6.45, 7) is 0. The van der Waals surface area contributed by atoms with Crippen molar-refractivity contribution < 1.29 is 0 Å². The molecule has 0 radical (unpaired) electrons. The van der Waals surface area contributed by atoms with Gasteiger partial charge in [-0.1, -0.05) is 206 Å². The molecule has 0 bridgehead atoms. The van der Waals surface area contributed by atoms with Crippen molar-refractivity contribution in [1.82, 2.24) is 0 Å². The first-order valence-electron chi connectivity index (χ1n) is 23.7. The predicted molar refractivity (Wildman–Crippen MR) is 301 cm³/mol. The molecule has 2 aliphatic heterocycles. The highest BCUT2D eigenvalue weighted by atomic mass is 32.2. The van der Waals surface area contributed by atoms with Gasteiger partial charge in [-0.15, -0.1) is 0 Å². The van der Waals surface area contributed by atoms with Gasteiger partial charge in [0.2, 0.25) is 0 Å². The number of rotatable bonds is 8. The molecule has 0 unspecified atom stereocenters. The molecule has 0 atom stereocenters. The highest BCUT2D eigenvalue weighted by Crippen LogP contribution is 2.53. The molecule has 2 nitrogen and oxygen atoms in total. The molecule has 330 valence electrons. The molecule has 0 fully saturated rings. The van der Waals surface area contributed by atoms with E-state index < -0.39 is 0 Å². The topological polar surface area (TPSA) is 6.48 Å². The first-order valence-corrected chi connectivity index (χ1v) is 25.4. The van der Waals surface area contributed by atoms with Crippen LogP contribution in [-0.4, -0.2) is 0 Å². The van der Waals surface area contributed by atoms with Crippen LogP contribution in [0.1, 0.15) is 22.3 Å². The summed E-state index contributed by atoms with van der Waals surface area (Å²) in [7, 11) is 0. The van der Waals surface area contributed by atoms with E-state index in [4.69, 9.17) is 0 Å². The summed E-state index contributed by atoms with van der Waals surface area (Å²) in [6.07, 6.45) is 8.98. The summed E-state index contributed by atoms with van der Waals surface area (Å²) >= 11 is 3.67. The van der Waals surface area contributed by atoms with Crippen molar-refractivity contribution >= 4 is 103 Å². The molecule has 0 spiro atoms. The number of hydrogen-bond donors (Lipinski definition) is 0. The van der Waals surface area contributed by atoms with Crippen LogP contribution in [0.25, 0.3) is 68.1 Å². The second kappa shape index (κ2) is 18.0. The highest BCUT2D eigenvalue weighted by molar-refractivity contribution is 8.00. The van der Waals surface area contributed by atoms with Crippen molar-refractivity contribution in [3.05, 3.63) is 265 Å². The van der Waals surface area contributed by atoms with Crippen LogP contribution in [0.3, 0.4) is 0 Å². The summed E-state index contributed by atoms with van der Waals surface area (Å²) in [4.78, 5) is 9.81. The van der Waals surface area contributed by atoms with Gasteiger partial charge in [0.25, 0.3) is 0 Å². The summed E-state index contributed by atoms with van der Waals surface area (Å²) in [5, 5.41) is 4.92. The zero-order valence-electron chi connectivity index (χ0n) is 38.1. The van der Waals surface area contributed by atoms with Gasteiger partial charge in [-0.05, 0) is 151 Å². The SMILES string of the molecule is C(=C\c1ccc2c(-c3ccccc3)c(-c3ccccc3)c3ccc(/C=C/c4ccc(N5c6ccccc6Sc6ccccc65)cc4)cc3c2c1)/c1ccc(N2c3ccccc3Sc3ccccc32)cc1. The molecule has 11 aromatic rings. The summed E-state index contributed by atoms with van der Waals surface area (Å²) in [5.41, 5.74) is 16.6. The third kappa shape index (κ3) is 7.68. The lowest BCUT2D eigenvalue weighted by Crippen LogP contribution is -2.14. The van der Waals surface area contributed by atoms with Crippen LogP contribution in [-0.2, 0) is 0 Å². The molecule has 0 N–H and O–H groups in total. The molecule has 0 aliphatic carbocycles. The minimum atomic E-state index is 1.15. The van der Waals surface area contributed by atoms with E-state index in [-0.39, 0.29) is 0 Å². The smallest absolute Gasteiger partial charge is 0.0601 e. The maximum atomic E-state index is 2.38. The zero-order valence-corrected chi connectivity index (χ0v) is 39.7. The fourth-order valence-electron chi connectivity index (χ4n) is 10.1. The van der Waals surface area contributed by atoms with E-state index in [0.717, 1.165) is 33.6 Å². The van der Waals surface area contributed by atoms with Gasteiger partial charge in [-0.3, -0.25) is 0 Å². The average Bonchev–Trinajstić information content (AvgIpc) is 3.43. The number of benzene rings is 11. The van der Waals surface area contributed by atoms with Crippen LogP contribution in [0, 0.1) is 0 Å². The minimum absolute atomic E-state index is 1.15. The lowest BCUT2D eigenvalue weighted by Gasteiger charge is -2.32. The zero-order chi connectivity index (χ0) is 46.4. The van der Waals surface area contributed by atoms with Gasteiger partial charge in [0.05, 0.1) is 22.7 Å². The normalized spacial score (nSPS) is 12.9. The molecule has 0 aromatic heterocycles. The summed E-state index contributed by atoms with van der Waals surface area (Å²) in [6, 6.07) is 88.3. The quantitative estimate of drug-likeness (QED) is 0.111. The Hall–Kier alpha value is -8.28. The van der Waals surface area contributed by atoms with Crippen LogP contribution in [0.4, 0.5) is 34.1 Å². The average molecular weight is 929 g/mol. The van der Waals surface area contributed by atoms with Crippen molar-refractivity contribution in [3.63, 3.8) is 0 Å². The second-order valence-corrected chi connectivity index (χ2v) is 19.9. The van der Waals surface area contributed by atoms with Crippen molar-refractivity contribution in [2.24, 2.45) is 0 Å². The monoisotopic (exact) mass is 928 g/mol. The van der Waals surface area contributed by atoms with Crippen molar-refractivity contribution in [1.29, 1.82) is 0 Å². The fraction of sp³-hybridized carbons (Fsp3) is 0. The second-order valence-electron chi connectivity index (χ2n) is 17.7. The van der Waals surface area contributed by atoms with E-state index in [1.165, 1.54) is 86.1 Å². The van der Waals surface area contributed by atoms with Crippen molar-refractivity contribution in [3.8, 4) is 22.3 Å². The molecular weight excluding hydrogens is 885 g/mol. The van der Waals surface area contributed by atoms with Crippen LogP contribution in [0.15, 0.2) is 262 Å². The molecule has 0 amide bonds. The van der Waals surface area contributed by atoms with Gasteiger partial charge in [0.1, 0.15) is 0 Å². The van der Waals surface area contributed by atoms with Gasteiger partial charge in [-0.25, -0.2) is 0 Å². The van der Waals surface area contributed by atoms with Crippen molar-refractivity contribution in [2.75, 3.05) is 9.80 Å². The lowest BCUT2D eigenvalue weighted by molar-refractivity contribution is 1.17. The van der Waals surface area contributed by atoms with E-state index in [2.05, 4.69) is 277 Å². The first-order chi connectivity index (χ1) is 34.7. The van der Waals surface area contributed by atoms with E-state index >= 15 is 0 Å². The van der Waals surface area contributed by atoms with Gasteiger partial charge in [0, 0.05) is 31.0 Å². The molecule has 2 heterocycles. The Labute approximate surface area is 417 Å². The first kappa shape index (κ1) is 41.9. The van der Waals surface area contributed by atoms with Crippen molar-refractivity contribution in [2.45, 2.75) is 19.6 Å². The molecule has 0 saturated carbocycles. The Balaban J connectivity index is 0.874. The summed E-state index contributed by atoms with van der Waals surface area (Å²) < 4.78 is 0. The van der Waals surface area contributed by atoms with E-state index in [9.17, 15) is 0 Å². The number of para-hydroxylation sites is 4. The Morgan fingerprint density at radius 1 is 0.257 bits per heavy atom. The van der Waals surface area contributed by atoms with Crippen LogP contribution >= 0.6 is 23.5 Å². The number of fused-ring (bicyclic) bond motifs is 7. The molecule has 11 aromatic carbocycles. The van der Waals surface area contributed by atoms with Crippen LogP contribution in [0.5, 0.6) is 0 Å². The Bertz CT molecular complexity index is 3480. The molecule has 13 rings (SSSR count). The van der Waals surface area contributed by atoms with Crippen LogP contribution < -0.4 is 9.80 Å². The Morgan fingerprint density at radius 2 is 0.557 bits per heavy atom. The van der Waals surface area contributed by atoms with Crippen LogP contribution in [0.2, 0.25) is 0 Å². The Kier molecular flexibility index (Phi) is 10.8. The number of hydrogen-bond acceptors (Lipinski definition) is 4. The standard InChI is InChI=1S/C66H44N2S2/c1-3-15-49(16-4-1)65-53-41-35-47(29-27-45-31-37-51(38-32-45)67-57-19-7-11-23-61(57)69-62-24-12-8-20-58(62)67)43-55(53)56-44-48(36-42-54(56)66(65)50-17-5-2-6-18-50)30-28-46-33-39-52(40-34-46)68-59-21-9-13-25-63(59)70-64-26-14-10-22-60(64)68/h1-44H/b29-27+,30-28+. The number of anilines is 6.